The number of carbonyl (C=O) groups excluding carboxylic acids is 1. The highest BCUT2D eigenvalue weighted by Gasteiger charge is 2.28. The summed E-state index contributed by atoms with van der Waals surface area (Å²) in [6.45, 7) is 1.35. The van der Waals surface area contributed by atoms with Crippen molar-refractivity contribution in [3.63, 3.8) is 0 Å². The molecule has 1 unspecified atom stereocenters. The second-order valence-electron chi connectivity index (χ2n) is 8.98. The quantitative estimate of drug-likeness (QED) is 0.370. The van der Waals surface area contributed by atoms with Crippen molar-refractivity contribution in [3.05, 3.63) is 113 Å². The molecule has 0 aliphatic carbocycles. The van der Waals surface area contributed by atoms with E-state index in [0.717, 1.165) is 42.2 Å². The molecule has 2 aromatic carbocycles. The van der Waals surface area contributed by atoms with Crippen molar-refractivity contribution in [1.29, 1.82) is 0 Å². The summed E-state index contributed by atoms with van der Waals surface area (Å²) in [5, 5.41) is 0. The molecule has 0 saturated carbocycles. The lowest BCUT2D eigenvalue weighted by atomic mass is 9.97. The summed E-state index contributed by atoms with van der Waals surface area (Å²) in [4.78, 5) is 24.3. The summed E-state index contributed by atoms with van der Waals surface area (Å²) in [6.07, 6.45) is 6.80. The Morgan fingerprint density at radius 1 is 1.03 bits per heavy atom. The number of aromatic nitrogens is 2. The van der Waals surface area contributed by atoms with E-state index in [2.05, 4.69) is 22.1 Å². The summed E-state index contributed by atoms with van der Waals surface area (Å²) in [7, 11) is 1.66. The first kappa shape index (κ1) is 22.8. The fraction of sp³-hybridized carbons (Fsp3) is 0.276. The van der Waals surface area contributed by atoms with Crippen LogP contribution in [0, 0.1) is 0 Å². The second-order valence-corrected chi connectivity index (χ2v) is 8.98. The summed E-state index contributed by atoms with van der Waals surface area (Å²) >= 11 is 0. The molecule has 5 rings (SSSR count). The van der Waals surface area contributed by atoms with Gasteiger partial charge in [0.25, 0.3) is 5.91 Å². The standard InChI is InChI=1S/C29H29N3O3/c1-34-26-11-9-22(10-12-26)17-27-19-31-28(35-27)24-8-5-15-32(20-24)29(33)23-13-14-30-25(18-23)16-21-6-3-2-4-7-21/h2-4,6-7,9-14,18-19,24H,5,8,15-17,20H2,1H3. The van der Waals surface area contributed by atoms with Crippen LogP contribution < -0.4 is 4.74 Å². The number of likely N-dealkylation sites (tertiary alicyclic amines) is 1. The van der Waals surface area contributed by atoms with Crippen LogP contribution >= 0.6 is 0 Å². The van der Waals surface area contributed by atoms with Gasteiger partial charge >= 0.3 is 0 Å². The van der Waals surface area contributed by atoms with Crippen LogP contribution in [-0.4, -0.2) is 41.0 Å². The predicted molar refractivity (Wildman–Crippen MR) is 134 cm³/mol. The van der Waals surface area contributed by atoms with Gasteiger partial charge in [0.2, 0.25) is 0 Å². The summed E-state index contributed by atoms with van der Waals surface area (Å²) in [5.74, 6) is 2.51. The van der Waals surface area contributed by atoms with E-state index >= 15 is 0 Å². The summed E-state index contributed by atoms with van der Waals surface area (Å²) < 4.78 is 11.3. The first-order valence-electron chi connectivity index (χ1n) is 12.0. The lowest BCUT2D eigenvalue weighted by molar-refractivity contribution is 0.0697. The Hall–Kier alpha value is -3.93. The molecule has 4 aromatic rings. The van der Waals surface area contributed by atoms with Gasteiger partial charge in [-0.3, -0.25) is 9.78 Å². The highest BCUT2D eigenvalue weighted by molar-refractivity contribution is 5.94. The van der Waals surface area contributed by atoms with Crippen LogP contribution in [0.25, 0.3) is 0 Å². The molecule has 1 saturated heterocycles. The van der Waals surface area contributed by atoms with Gasteiger partial charge in [-0.05, 0) is 48.2 Å². The van der Waals surface area contributed by atoms with Crippen LogP contribution in [0.4, 0.5) is 0 Å². The molecule has 0 bridgehead atoms. The lowest BCUT2D eigenvalue weighted by Crippen LogP contribution is -2.39. The van der Waals surface area contributed by atoms with Gasteiger partial charge in [-0.2, -0.15) is 0 Å². The normalized spacial score (nSPS) is 15.7. The second kappa shape index (κ2) is 10.6. The largest absolute Gasteiger partial charge is 0.497 e. The molecule has 6 heteroatoms. The van der Waals surface area contributed by atoms with E-state index < -0.39 is 0 Å². The molecule has 3 heterocycles. The van der Waals surface area contributed by atoms with Crippen molar-refractivity contribution in [2.75, 3.05) is 20.2 Å². The maximum atomic E-state index is 13.3. The van der Waals surface area contributed by atoms with Gasteiger partial charge in [0.05, 0.1) is 19.2 Å². The average molecular weight is 468 g/mol. The number of amides is 1. The minimum Gasteiger partial charge on any atom is -0.497 e. The van der Waals surface area contributed by atoms with Crippen molar-refractivity contribution < 1.29 is 13.9 Å². The van der Waals surface area contributed by atoms with Crippen LogP contribution in [0.5, 0.6) is 5.75 Å². The molecule has 1 atom stereocenters. The zero-order valence-electron chi connectivity index (χ0n) is 19.9. The Labute approximate surface area is 205 Å². The lowest BCUT2D eigenvalue weighted by Gasteiger charge is -2.31. The van der Waals surface area contributed by atoms with E-state index in [1.807, 2.05) is 53.4 Å². The molecule has 1 aliphatic heterocycles. The number of ether oxygens (including phenoxy) is 1. The van der Waals surface area contributed by atoms with Crippen molar-refractivity contribution >= 4 is 5.91 Å². The van der Waals surface area contributed by atoms with Gasteiger partial charge in [-0.25, -0.2) is 4.98 Å². The molecule has 1 amide bonds. The molecule has 6 nitrogen and oxygen atoms in total. The molecule has 1 fully saturated rings. The monoisotopic (exact) mass is 467 g/mol. The Bertz CT molecular complexity index is 1270. The number of pyridine rings is 1. The third-order valence-corrected chi connectivity index (χ3v) is 6.46. The zero-order chi connectivity index (χ0) is 24.0. The smallest absolute Gasteiger partial charge is 0.253 e. The molecule has 0 spiro atoms. The minimum absolute atomic E-state index is 0.0384. The minimum atomic E-state index is 0.0384. The highest BCUT2D eigenvalue weighted by atomic mass is 16.5. The number of nitrogens with zero attached hydrogens (tertiary/aromatic N) is 3. The average Bonchev–Trinajstić information content (AvgIpc) is 3.38. The number of oxazole rings is 1. The number of methoxy groups -OCH3 is 1. The molecule has 35 heavy (non-hydrogen) atoms. The Balaban J connectivity index is 1.24. The number of rotatable bonds is 7. The molecule has 1 aliphatic rings. The fourth-order valence-electron chi connectivity index (χ4n) is 4.60. The fourth-order valence-corrected chi connectivity index (χ4v) is 4.60. The van der Waals surface area contributed by atoms with Gasteiger partial charge in [-0.1, -0.05) is 42.5 Å². The maximum Gasteiger partial charge on any atom is 0.253 e. The molecule has 178 valence electrons. The topological polar surface area (TPSA) is 68.5 Å². The van der Waals surface area contributed by atoms with Gasteiger partial charge in [0, 0.05) is 43.4 Å². The van der Waals surface area contributed by atoms with Crippen molar-refractivity contribution in [2.24, 2.45) is 0 Å². The van der Waals surface area contributed by atoms with E-state index in [4.69, 9.17) is 9.15 Å². The molecular formula is C29H29N3O3. The van der Waals surface area contributed by atoms with Crippen LogP contribution in [0.3, 0.4) is 0 Å². The van der Waals surface area contributed by atoms with Crippen LogP contribution in [-0.2, 0) is 12.8 Å². The number of hydrogen-bond donors (Lipinski definition) is 0. The van der Waals surface area contributed by atoms with E-state index in [1.165, 1.54) is 5.56 Å². The number of hydrogen-bond acceptors (Lipinski definition) is 5. The third kappa shape index (κ3) is 5.60. The van der Waals surface area contributed by atoms with E-state index in [1.54, 1.807) is 25.6 Å². The Morgan fingerprint density at radius 2 is 1.83 bits per heavy atom. The Kier molecular flexibility index (Phi) is 6.89. The first-order valence-corrected chi connectivity index (χ1v) is 12.0. The highest BCUT2D eigenvalue weighted by Crippen LogP contribution is 2.28. The van der Waals surface area contributed by atoms with Gasteiger partial charge in [0.1, 0.15) is 11.5 Å². The summed E-state index contributed by atoms with van der Waals surface area (Å²) in [6, 6.07) is 21.9. The summed E-state index contributed by atoms with van der Waals surface area (Å²) in [5.41, 5.74) is 3.89. The Morgan fingerprint density at radius 3 is 2.63 bits per heavy atom. The van der Waals surface area contributed by atoms with Crippen LogP contribution in [0.1, 0.15) is 57.6 Å². The van der Waals surface area contributed by atoms with Crippen molar-refractivity contribution in [1.82, 2.24) is 14.9 Å². The van der Waals surface area contributed by atoms with Crippen LogP contribution in [0.2, 0.25) is 0 Å². The first-order chi connectivity index (χ1) is 17.2. The molecule has 2 aromatic heterocycles. The number of carbonyl (C=O) groups is 1. The van der Waals surface area contributed by atoms with Crippen molar-refractivity contribution in [2.45, 2.75) is 31.6 Å². The van der Waals surface area contributed by atoms with E-state index in [0.29, 0.717) is 30.8 Å². The maximum absolute atomic E-state index is 13.3. The van der Waals surface area contributed by atoms with Gasteiger partial charge < -0.3 is 14.1 Å². The molecular weight excluding hydrogens is 438 g/mol. The van der Waals surface area contributed by atoms with Crippen LogP contribution in [0.15, 0.2) is 83.5 Å². The molecule has 0 N–H and O–H groups in total. The SMILES string of the molecule is COc1ccc(Cc2cnc(C3CCCN(C(=O)c4ccnc(Cc5ccccc5)c4)C3)o2)cc1. The number of benzene rings is 2. The van der Waals surface area contributed by atoms with E-state index in [-0.39, 0.29) is 11.8 Å². The van der Waals surface area contributed by atoms with Crippen molar-refractivity contribution in [3.8, 4) is 5.75 Å². The van der Waals surface area contributed by atoms with Gasteiger partial charge in [-0.15, -0.1) is 0 Å². The number of piperidine rings is 1. The van der Waals surface area contributed by atoms with Gasteiger partial charge in [0.15, 0.2) is 5.89 Å². The van der Waals surface area contributed by atoms with E-state index in [9.17, 15) is 4.79 Å². The zero-order valence-corrected chi connectivity index (χ0v) is 19.9. The predicted octanol–water partition coefficient (Wildman–Crippen LogP) is 5.28. The third-order valence-electron chi connectivity index (χ3n) is 6.46. The molecule has 0 radical (unpaired) electrons.